The molecule has 0 atom stereocenters. The van der Waals surface area contributed by atoms with Crippen molar-refractivity contribution < 1.29 is 32.3 Å². The Morgan fingerprint density at radius 3 is 2.29 bits per heavy atom. The van der Waals surface area contributed by atoms with Crippen molar-refractivity contribution in [2.24, 2.45) is 0 Å². The van der Waals surface area contributed by atoms with E-state index in [0.29, 0.717) is 25.7 Å². The number of hydrogen-bond acceptors (Lipinski definition) is 4. The van der Waals surface area contributed by atoms with Gasteiger partial charge in [0.1, 0.15) is 18.6 Å². The standard InChI is InChI=1S/C20H25F3N4O4/c1-3-9-19(10-4-2)17(30)27(18(31)26-19)11-15(28)25-14-8-6-5-7-13(14)16(29)24-12-20(21,22)23/h5-8H,3-4,9-12H2,1-2H3,(H,24,29)(H,25,28)(H,26,31). The van der Waals surface area contributed by atoms with Crippen LogP contribution in [0.5, 0.6) is 0 Å². The Balaban J connectivity index is 2.10. The van der Waals surface area contributed by atoms with Crippen LogP contribution in [0.3, 0.4) is 0 Å². The van der Waals surface area contributed by atoms with E-state index in [0.717, 1.165) is 4.90 Å². The summed E-state index contributed by atoms with van der Waals surface area (Å²) in [6, 6.07) is 4.82. The molecule has 170 valence electrons. The number of nitrogens with one attached hydrogen (secondary N) is 3. The second kappa shape index (κ2) is 9.80. The molecule has 1 fully saturated rings. The fourth-order valence-electron chi connectivity index (χ4n) is 3.54. The topological polar surface area (TPSA) is 108 Å². The first-order valence-corrected chi connectivity index (χ1v) is 9.91. The molecule has 1 heterocycles. The van der Waals surface area contributed by atoms with Gasteiger partial charge in [0.15, 0.2) is 0 Å². The van der Waals surface area contributed by atoms with E-state index in [2.05, 4.69) is 10.6 Å². The van der Waals surface area contributed by atoms with Crippen LogP contribution in [0.2, 0.25) is 0 Å². The quantitative estimate of drug-likeness (QED) is 0.511. The molecule has 1 saturated heterocycles. The molecule has 11 heteroatoms. The number of rotatable bonds is 9. The number of nitrogens with zero attached hydrogens (tertiary/aromatic N) is 1. The smallest absolute Gasteiger partial charge is 0.343 e. The van der Waals surface area contributed by atoms with E-state index in [9.17, 15) is 32.3 Å². The first-order chi connectivity index (χ1) is 14.5. The van der Waals surface area contributed by atoms with E-state index in [-0.39, 0.29) is 11.3 Å². The van der Waals surface area contributed by atoms with Crippen LogP contribution in [-0.2, 0) is 9.59 Å². The number of carbonyl (C=O) groups is 4. The Morgan fingerprint density at radius 2 is 1.71 bits per heavy atom. The van der Waals surface area contributed by atoms with Gasteiger partial charge >= 0.3 is 12.2 Å². The Kier molecular flexibility index (Phi) is 7.64. The molecule has 0 unspecified atom stereocenters. The predicted octanol–water partition coefficient (Wildman–Crippen LogP) is 2.81. The highest BCUT2D eigenvalue weighted by Gasteiger charge is 2.50. The summed E-state index contributed by atoms with van der Waals surface area (Å²) in [5, 5.41) is 6.81. The molecule has 8 nitrogen and oxygen atoms in total. The summed E-state index contributed by atoms with van der Waals surface area (Å²) in [5.74, 6) is -2.27. The highest BCUT2D eigenvalue weighted by molar-refractivity contribution is 6.11. The molecule has 5 amide bonds. The highest BCUT2D eigenvalue weighted by atomic mass is 19.4. The summed E-state index contributed by atoms with van der Waals surface area (Å²) in [6.45, 7) is 1.66. The van der Waals surface area contributed by atoms with Crippen LogP contribution in [0.4, 0.5) is 23.7 Å². The van der Waals surface area contributed by atoms with Crippen LogP contribution < -0.4 is 16.0 Å². The van der Waals surface area contributed by atoms with E-state index in [4.69, 9.17) is 0 Å². The zero-order valence-corrected chi connectivity index (χ0v) is 17.3. The molecule has 2 rings (SSSR count). The van der Waals surface area contributed by atoms with Crippen molar-refractivity contribution in [1.82, 2.24) is 15.5 Å². The lowest BCUT2D eigenvalue weighted by molar-refractivity contribution is -0.134. The molecule has 0 spiro atoms. The first kappa shape index (κ1) is 24.2. The molecule has 1 aromatic carbocycles. The second-order valence-corrected chi connectivity index (χ2v) is 7.30. The van der Waals surface area contributed by atoms with Crippen LogP contribution in [-0.4, -0.2) is 53.5 Å². The van der Waals surface area contributed by atoms with Gasteiger partial charge in [-0.25, -0.2) is 4.79 Å². The normalized spacial score (nSPS) is 15.6. The molecule has 1 aromatic rings. The number of carbonyl (C=O) groups excluding carboxylic acids is 4. The minimum Gasteiger partial charge on any atom is -0.343 e. The van der Waals surface area contributed by atoms with Crippen LogP contribution in [0.25, 0.3) is 0 Å². The summed E-state index contributed by atoms with van der Waals surface area (Å²) >= 11 is 0. The first-order valence-electron chi connectivity index (χ1n) is 9.91. The lowest BCUT2D eigenvalue weighted by Crippen LogP contribution is -2.47. The van der Waals surface area contributed by atoms with E-state index >= 15 is 0 Å². The number of halogens is 3. The molecule has 0 aliphatic carbocycles. The molecule has 0 aromatic heterocycles. The number of alkyl halides is 3. The average molecular weight is 442 g/mol. The molecule has 0 radical (unpaired) electrons. The third kappa shape index (κ3) is 5.96. The van der Waals surface area contributed by atoms with Crippen LogP contribution in [0.1, 0.15) is 49.9 Å². The van der Waals surface area contributed by atoms with Gasteiger partial charge in [-0.3, -0.25) is 19.3 Å². The Hall–Kier alpha value is -3.11. The van der Waals surface area contributed by atoms with Gasteiger partial charge in [-0.2, -0.15) is 13.2 Å². The van der Waals surface area contributed by atoms with Gasteiger partial charge in [0.25, 0.3) is 11.8 Å². The van der Waals surface area contributed by atoms with Gasteiger partial charge in [0.2, 0.25) is 5.91 Å². The lowest BCUT2D eigenvalue weighted by atomic mass is 9.88. The van der Waals surface area contributed by atoms with Gasteiger partial charge < -0.3 is 16.0 Å². The monoisotopic (exact) mass is 442 g/mol. The second-order valence-electron chi connectivity index (χ2n) is 7.30. The number of para-hydroxylation sites is 1. The number of amides is 5. The maximum absolute atomic E-state index is 12.9. The van der Waals surface area contributed by atoms with Gasteiger partial charge in [0, 0.05) is 0 Å². The molecule has 3 N–H and O–H groups in total. The van der Waals surface area contributed by atoms with Crippen LogP contribution in [0, 0.1) is 0 Å². The molecular weight excluding hydrogens is 417 g/mol. The maximum atomic E-state index is 12.9. The zero-order valence-electron chi connectivity index (χ0n) is 17.3. The van der Waals surface area contributed by atoms with E-state index in [1.165, 1.54) is 24.3 Å². The van der Waals surface area contributed by atoms with E-state index < -0.39 is 48.6 Å². The maximum Gasteiger partial charge on any atom is 0.405 e. The van der Waals surface area contributed by atoms with Crippen molar-refractivity contribution in [3.63, 3.8) is 0 Å². The van der Waals surface area contributed by atoms with Crippen molar-refractivity contribution in [2.45, 2.75) is 51.2 Å². The highest BCUT2D eigenvalue weighted by Crippen LogP contribution is 2.28. The summed E-state index contributed by atoms with van der Waals surface area (Å²) in [7, 11) is 0. The predicted molar refractivity (Wildman–Crippen MR) is 106 cm³/mol. The Bertz CT molecular complexity index is 851. The number of anilines is 1. The van der Waals surface area contributed by atoms with Crippen molar-refractivity contribution >= 4 is 29.4 Å². The average Bonchev–Trinajstić information content (AvgIpc) is 2.91. The zero-order chi connectivity index (χ0) is 23.2. The van der Waals surface area contributed by atoms with Crippen molar-refractivity contribution in [2.75, 3.05) is 18.4 Å². The molecular formula is C20H25F3N4O4. The van der Waals surface area contributed by atoms with Crippen LogP contribution in [0.15, 0.2) is 24.3 Å². The van der Waals surface area contributed by atoms with Crippen LogP contribution >= 0.6 is 0 Å². The minimum atomic E-state index is -4.58. The fraction of sp³-hybridized carbons (Fsp3) is 0.500. The van der Waals surface area contributed by atoms with Gasteiger partial charge in [-0.1, -0.05) is 38.8 Å². The number of imide groups is 1. The molecule has 0 saturated carbocycles. The summed E-state index contributed by atoms with van der Waals surface area (Å²) in [5.41, 5.74) is -1.26. The van der Waals surface area contributed by atoms with Gasteiger partial charge in [-0.05, 0) is 25.0 Å². The molecule has 31 heavy (non-hydrogen) atoms. The van der Waals surface area contributed by atoms with E-state index in [1.54, 1.807) is 5.32 Å². The summed E-state index contributed by atoms with van der Waals surface area (Å²) in [4.78, 5) is 50.6. The number of hydrogen-bond donors (Lipinski definition) is 3. The van der Waals surface area contributed by atoms with Crippen molar-refractivity contribution in [1.29, 1.82) is 0 Å². The molecule has 1 aliphatic rings. The Morgan fingerprint density at radius 1 is 1.10 bits per heavy atom. The third-order valence-corrected chi connectivity index (χ3v) is 4.80. The molecule has 0 bridgehead atoms. The minimum absolute atomic E-state index is 0.0346. The van der Waals surface area contributed by atoms with Gasteiger partial charge in [-0.15, -0.1) is 0 Å². The number of urea groups is 1. The van der Waals surface area contributed by atoms with Crippen molar-refractivity contribution in [3.05, 3.63) is 29.8 Å². The summed E-state index contributed by atoms with van der Waals surface area (Å²) < 4.78 is 37.1. The van der Waals surface area contributed by atoms with E-state index in [1.807, 2.05) is 13.8 Å². The largest absolute Gasteiger partial charge is 0.405 e. The third-order valence-electron chi connectivity index (χ3n) is 4.80. The summed E-state index contributed by atoms with van der Waals surface area (Å²) in [6.07, 6.45) is -2.39. The van der Waals surface area contributed by atoms with Crippen molar-refractivity contribution in [3.8, 4) is 0 Å². The SMILES string of the molecule is CCCC1(CCC)NC(=O)N(CC(=O)Nc2ccccc2C(=O)NCC(F)(F)F)C1=O. The lowest BCUT2D eigenvalue weighted by Gasteiger charge is -2.25. The van der Waals surface area contributed by atoms with Gasteiger partial charge in [0.05, 0.1) is 11.3 Å². The molecule has 1 aliphatic heterocycles. The number of benzene rings is 1. The fourth-order valence-corrected chi connectivity index (χ4v) is 3.54. The Labute approximate surface area is 177 Å².